The molecule has 4 aromatic rings. The van der Waals surface area contributed by atoms with E-state index in [4.69, 9.17) is 5.26 Å². The Morgan fingerprint density at radius 2 is 1.88 bits per heavy atom. The maximum atomic E-state index is 13.7. The zero-order valence-electron chi connectivity index (χ0n) is 16.8. The van der Waals surface area contributed by atoms with Crippen molar-refractivity contribution in [3.05, 3.63) is 87.1 Å². The smallest absolute Gasteiger partial charge is 0.320 e. The van der Waals surface area contributed by atoms with E-state index in [1.807, 2.05) is 0 Å². The fourth-order valence-corrected chi connectivity index (χ4v) is 3.42. The molecule has 0 atom stereocenters. The number of hydrogen-bond acceptors (Lipinski definition) is 4. The molecule has 0 aliphatic heterocycles. The Kier molecular flexibility index (Phi) is 5.21. The van der Waals surface area contributed by atoms with Crippen LogP contribution in [0.3, 0.4) is 0 Å². The number of imidazole rings is 1. The van der Waals surface area contributed by atoms with Gasteiger partial charge in [0.15, 0.2) is 5.69 Å². The van der Waals surface area contributed by atoms with E-state index < -0.39 is 40.2 Å². The maximum Gasteiger partial charge on any atom is 0.435 e. The van der Waals surface area contributed by atoms with Crippen LogP contribution in [0.25, 0.3) is 16.9 Å². The van der Waals surface area contributed by atoms with Crippen LogP contribution in [0.15, 0.2) is 53.3 Å². The quantitative estimate of drug-likeness (QED) is 0.450. The summed E-state index contributed by atoms with van der Waals surface area (Å²) in [5.74, 6) is -1.77. The molecule has 0 unspecified atom stereocenters. The van der Waals surface area contributed by atoms with Crippen molar-refractivity contribution in [1.82, 2.24) is 14.6 Å². The Morgan fingerprint density at radius 1 is 1.18 bits per heavy atom. The first-order valence-electron chi connectivity index (χ1n) is 9.40. The third kappa shape index (κ3) is 3.82. The standard InChI is InChI=1S/C22H13F4N5O2/c1-11-16(21(33)28-15-9-14(23)8-7-13(15)10-27)18(32)20-29-19(22(24,25)26)17(31(20)30-11)12-5-3-2-4-6-12/h2-9,30H,1H3,(H,28,33). The van der Waals surface area contributed by atoms with Crippen LogP contribution in [0.2, 0.25) is 0 Å². The number of benzene rings is 2. The second kappa shape index (κ2) is 7.90. The average molecular weight is 455 g/mol. The molecule has 2 aromatic carbocycles. The van der Waals surface area contributed by atoms with Gasteiger partial charge < -0.3 is 5.32 Å². The highest BCUT2D eigenvalue weighted by Gasteiger charge is 2.39. The van der Waals surface area contributed by atoms with Crippen molar-refractivity contribution in [1.29, 1.82) is 5.26 Å². The minimum Gasteiger partial charge on any atom is -0.320 e. The van der Waals surface area contributed by atoms with Crippen LogP contribution in [0.1, 0.15) is 27.3 Å². The minimum absolute atomic E-state index is 0.0526. The van der Waals surface area contributed by atoms with Crippen LogP contribution in [0, 0.1) is 24.1 Å². The normalized spacial score (nSPS) is 11.4. The summed E-state index contributed by atoms with van der Waals surface area (Å²) in [7, 11) is 0. The lowest BCUT2D eigenvalue weighted by Gasteiger charge is -2.11. The number of aromatic amines is 1. The van der Waals surface area contributed by atoms with Crippen LogP contribution in [-0.2, 0) is 6.18 Å². The van der Waals surface area contributed by atoms with Gasteiger partial charge in [-0.15, -0.1) is 0 Å². The fourth-order valence-electron chi connectivity index (χ4n) is 3.42. The van der Waals surface area contributed by atoms with Crippen LogP contribution >= 0.6 is 0 Å². The molecule has 4 rings (SSSR count). The molecule has 166 valence electrons. The summed E-state index contributed by atoms with van der Waals surface area (Å²) >= 11 is 0. The Morgan fingerprint density at radius 3 is 2.52 bits per heavy atom. The molecule has 33 heavy (non-hydrogen) atoms. The van der Waals surface area contributed by atoms with E-state index in [0.717, 1.165) is 22.7 Å². The van der Waals surface area contributed by atoms with Gasteiger partial charge >= 0.3 is 6.18 Å². The van der Waals surface area contributed by atoms with Crippen LogP contribution in [0.5, 0.6) is 0 Å². The van der Waals surface area contributed by atoms with Gasteiger partial charge in [0.25, 0.3) is 5.91 Å². The highest BCUT2D eigenvalue weighted by molar-refractivity contribution is 6.06. The van der Waals surface area contributed by atoms with E-state index in [0.29, 0.717) is 0 Å². The molecule has 0 bridgehead atoms. The molecule has 0 saturated heterocycles. The highest BCUT2D eigenvalue weighted by Crippen LogP contribution is 2.36. The van der Waals surface area contributed by atoms with Crippen LogP contribution in [-0.4, -0.2) is 20.5 Å². The summed E-state index contributed by atoms with van der Waals surface area (Å²) in [6.07, 6.45) is -4.88. The van der Waals surface area contributed by atoms with Gasteiger partial charge in [0.05, 0.1) is 11.3 Å². The van der Waals surface area contributed by atoms with Crippen molar-refractivity contribution in [2.75, 3.05) is 5.32 Å². The molecule has 0 radical (unpaired) electrons. The van der Waals surface area contributed by atoms with Gasteiger partial charge in [-0.3, -0.25) is 14.7 Å². The largest absolute Gasteiger partial charge is 0.435 e. The number of nitriles is 1. The third-order valence-electron chi connectivity index (χ3n) is 4.86. The molecule has 0 fully saturated rings. The zero-order chi connectivity index (χ0) is 23.9. The summed E-state index contributed by atoms with van der Waals surface area (Å²) in [6, 6.07) is 12.4. The minimum atomic E-state index is -4.88. The maximum absolute atomic E-state index is 13.7. The summed E-state index contributed by atoms with van der Waals surface area (Å²) in [4.78, 5) is 29.4. The van der Waals surface area contributed by atoms with E-state index in [9.17, 15) is 27.2 Å². The molecule has 0 saturated carbocycles. The molecule has 2 aromatic heterocycles. The van der Waals surface area contributed by atoms with E-state index in [1.54, 1.807) is 12.1 Å². The molecule has 2 N–H and O–H groups in total. The second-order valence-electron chi connectivity index (χ2n) is 7.03. The van der Waals surface area contributed by atoms with Gasteiger partial charge in [-0.2, -0.15) is 18.4 Å². The number of carbonyl (C=O) groups excluding carboxylic acids is 1. The number of anilines is 1. The lowest BCUT2D eigenvalue weighted by atomic mass is 10.1. The number of alkyl halides is 3. The number of halogens is 4. The van der Waals surface area contributed by atoms with E-state index in [2.05, 4.69) is 15.4 Å². The monoisotopic (exact) mass is 455 g/mol. The summed E-state index contributed by atoms with van der Waals surface area (Å²) in [5.41, 5.74) is -4.06. The lowest BCUT2D eigenvalue weighted by molar-refractivity contribution is -0.140. The number of carbonyl (C=O) groups is 1. The van der Waals surface area contributed by atoms with Crippen molar-refractivity contribution in [3.63, 3.8) is 0 Å². The van der Waals surface area contributed by atoms with Gasteiger partial charge in [-0.25, -0.2) is 13.9 Å². The van der Waals surface area contributed by atoms with Crippen molar-refractivity contribution in [2.24, 2.45) is 0 Å². The summed E-state index contributed by atoms with van der Waals surface area (Å²) < 4.78 is 55.7. The number of fused-ring (bicyclic) bond motifs is 1. The molecule has 0 aliphatic carbocycles. The highest BCUT2D eigenvalue weighted by atomic mass is 19.4. The van der Waals surface area contributed by atoms with Crippen LogP contribution < -0.4 is 10.7 Å². The number of aryl methyl sites for hydroxylation is 1. The lowest BCUT2D eigenvalue weighted by Crippen LogP contribution is -2.26. The number of H-pyrrole nitrogens is 1. The molecule has 7 nitrogen and oxygen atoms in total. The predicted octanol–water partition coefficient (Wildman–Crippen LogP) is 4.28. The molecule has 2 heterocycles. The fraction of sp³-hybridized carbons (Fsp3) is 0.0909. The van der Waals surface area contributed by atoms with Gasteiger partial charge in [0.2, 0.25) is 11.1 Å². The number of nitrogens with one attached hydrogen (secondary N) is 2. The molecular weight excluding hydrogens is 442 g/mol. The first-order chi connectivity index (χ1) is 15.6. The molecule has 0 aliphatic rings. The number of nitrogens with zero attached hydrogens (tertiary/aromatic N) is 3. The Hall–Kier alpha value is -4.46. The van der Waals surface area contributed by atoms with Crippen molar-refractivity contribution in [3.8, 4) is 17.3 Å². The van der Waals surface area contributed by atoms with Gasteiger partial charge in [-0.1, -0.05) is 30.3 Å². The number of hydrogen-bond donors (Lipinski definition) is 2. The van der Waals surface area contributed by atoms with Crippen molar-refractivity contribution >= 4 is 17.2 Å². The topological polar surface area (TPSA) is 103 Å². The second-order valence-corrected chi connectivity index (χ2v) is 7.03. The van der Waals surface area contributed by atoms with E-state index in [-0.39, 0.29) is 28.2 Å². The summed E-state index contributed by atoms with van der Waals surface area (Å²) in [6.45, 7) is 1.33. The average Bonchev–Trinajstić information content (AvgIpc) is 3.15. The number of rotatable bonds is 3. The molecule has 1 amide bonds. The first-order valence-corrected chi connectivity index (χ1v) is 9.40. The Labute approximate surface area is 182 Å². The van der Waals surface area contributed by atoms with E-state index in [1.165, 1.54) is 31.2 Å². The Bertz CT molecular complexity index is 1500. The molecule has 11 heteroatoms. The van der Waals surface area contributed by atoms with Gasteiger partial charge in [0, 0.05) is 11.3 Å². The van der Waals surface area contributed by atoms with Gasteiger partial charge in [-0.05, 0) is 25.1 Å². The van der Waals surface area contributed by atoms with Crippen molar-refractivity contribution in [2.45, 2.75) is 13.1 Å². The van der Waals surface area contributed by atoms with Crippen LogP contribution in [0.4, 0.5) is 23.2 Å². The van der Waals surface area contributed by atoms with E-state index >= 15 is 0 Å². The van der Waals surface area contributed by atoms with Gasteiger partial charge in [0.1, 0.15) is 23.1 Å². The first kappa shape index (κ1) is 21.8. The molecule has 0 spiro atoms. The van der Waals surface area contributed by atoms with Crippen molar-refractivity contribution < 1.29 is 22.4 Å². The zero-order valence-corrected chi connectivity index (χ0v) is 16.8. The number of amides is 1. The predicted molar refractivity (Wildman–Crippen MR) is 110 cm³/mol. The Balaban J connectivity index is 1.91. The summed E-state index contributed by atoms with van der Waals surface area (Å²) in [5, 5.41) is 14.0. The molecular formula is C22H13F4N5O2. The SMILES string of the molecule is Cc1[nH]n2c(-c3ccccc3)c(C(F)(F)F)nc2c(=O)c1C(=O)Nc1cc(F)ccc1C#N. The third-order valence-corrected chi connectivity index (χ3v) is 4.86. The number of aromatic nitrogens is 3.